The molecule has 0 radical (unpaired) electrons. The van der Waals surface area contributed by atoms with E-state index in [0.717, 1.165) is 0 Å². The Hall–Kier alpha value is -1.37. The molecule has 1 aromatic rings. The lowest BCUT2D eigenvalue weighted by Crippen LogP contribution is -2.41. The monoisotopic (exact) mass is 229 g/mol. The van der Waals surface area contributed by atoms with Crippen LogP contribution in [0.1, 0.15) is 0 Å². The highest BCUT2D eigenvalue weighted by molar-refractivity contribution is 7.91. The second-order valence-electron chi connectivity index (χ2n) is 3.41. The van der Waals surface area contributed by atoms with Crippen molar-refractivity contribution in [2.24, 2.45) is 0 Å². The van der Waals surface area contributed by atoms with E-state index in [0.29, 0.717) is 18.9 Å². The van der Waals surface area contributed by atoms with E-state index in [1.165, 1.54) is 12.4 Å². The van der Waals surface area contributed by atoms with Gasteiger partial charge in [-0.1, -0.05) is 0 Å². The van der Waals surface area contributed by atoms with Crippen molar-refractivity contribution in [3.8, 4) is 0 Å². The highest BCUT2D eigenvalue weighted by Crippen LogP contribution is 2.11. The third kappa shape index (κ3) is 2.35. The van der Waals surface area contributed by atoms with Crippen LogP contribution in [0.3, 0.4) is 0 Å². The number of rotatable bonds is 1. The Labute approximate surface area is 86.9 Å². The van der Waals surface area contributed by atoms with Gasteiger partial charge < -0.3 is 9.88 Å². The maximum atomic E-state index is 11.2. The van der Waals surface area contributed by atoms with Crippen LogP contribution in [0.25, 0.3) is 0 Å². The van der Waals surface area contributed by atoms with Crippen LogP contribution in [0.5, 0.6) is 0 Å². The predicted octanol–water partition coefficient (Wildman–Crippen LogP) is -0.995. The van der Waals surface area contributed by atoms with Crippen molar-refractivity contribution in [3.05, 3.63) is 22.7 Å². The molecule has 1 aromatic heterocycles. The summed E-state index contributed by atoms with van der Waals surface area (Å²) in [6.07, 6.45) is 1.32. The largest absolute Gasteiger partial charge is 0.354 e. The van der Waals surface area contributed by atoms with Crippen molar-refractivity contribution in [1.82, 2.24) is 9.97 Å². The van der Waals surface area contributed by atoms with E-state index in [2.05, 4.69) is 9.97 Å². The van der Waals surface area contributed by atoms with E-state index in [-0.39, 0.29) is 17.1 Å². The summed E-state index contributed by atoms with van der Waals surface area (Å²) in [7, 11) is -2.89. The van der Waals surface area contributed by atoms with Crippen molar-refractivity contribution in [2.45, 2.75) is 0 Å². The van der Waals surface area contributed by atoms with Gasteiger partial charge in [-0.3, -0.25) is 4.79 Å². The molecular weight excluding hydrogens is 218 g/mol. The van der Waals surface area contributed by atoms with E-state index in [9.17, 15) is 13.2 Å². The topological polar surface area (TPSA) is 83.1 Å². The maximum absolute atomic E-state index is 11.2. The molecule has 0 unspecified atom stereocenters. The normalized spacial score (nSPS) is 20.1. The van der Waals surface area contributed by atoms with Gasteiger partial charge in [0.1, 0.15) is 5.82 Å². The van der Waals surface area contributed by atoms with Crippen molar-refractivity contribution >= 4 is 15.7 Å². The Morgan fingerprint density at radius 1 is 1.33 bits per heavy atom. The first-order valence-corrected chi connectivity index (χ1v) is 6.39. The smallest absolute Gasteiger partial charge is 0.252 e. The predicted molar refractivity (Wildman–Crippen MR) is 55.7 cm³/mol. The maximum Gasteiger partial charge on any atom is 0.252 e. The minimum Gasteiger partial charge on any atom is -0.354 e. The molecule has 1 aliphatic heterocycles. The molecule has 0 bridgehead atoms. The van der Waals surface area contributed by atoms with Crippen LogP contribution in [0.4, 0.5) is 5.82 Å². The average Bonchev–Trinajstić information content (AvgIpc) is 2.17. The highest BCUT2D eigenvalue weighted by Gasteiger charge is 2.22. The van der Waals surface area contributed by atoms with Gasteiger partial charge in [0.15, 0.2) is 9.84 Å². The summed E-state index contributed by atoms with van der Waals surface area (Å²) < 4.78 is 22.4. The summed E-state index contributed by atoms with van der Waals surface area (Å²) in [6.45, 7) is 0.803. The molecule has 1 fully saturated rings. The summed E-state index contributed by atoms with van der Waals surface area (Å²) in [4.78, 5) is 19.2. The fourth-order valence-electron chi connectivity index (χ4n) is 1.47. The zero-order valence-electron chi connectivity index (χ0n) is 8.01. The van der Waals surface area contributed by atoms with Gasteiger partial charge in [-0.2, -0.15) is 0 Å². The van der Waals surface area contributed by atoms with Gasteiger partial charge in [-0.25, -0.2) is 13.4 Å². The Morgan fingerprint density at radius 3 is 2.60 bits per heavy atom. The van der Waals surface area contributed by atoms with Gasteiger partial charge in [-0.05, 0) is 0 Å². The van der Waals surface area contributed by atoms with Crippen LogP contribution in [-0.4, -0.2) is 43.0 Å². The number of H-pyrrole nitrogens is 1. The lowest BCUT2D eigenvalue weighted by Gasteiger charge is -2.27. The molecule has 1 saturated heterocycles. The second-order valence-corrected chi connectivity index (χ2v) is 5.71. The number of aromatic amines is 1. The van der Waals surface area contributed by atoms with Crippen LogP contribution < -0.4 is 10.5 Å². The fourth-order valence-corrected chi connectivity index (χ4v) is 2.67. The van der Waals surface area contributed by atoms with Gasteiger partial charge >= 0.3 is 0 Å². The molecule has 15 heavy (non-hydrogen) atoms. The molecule has 82 valence electrons. The van der Waals surface area contributed by atoms with Gasteiger partial charge in [0, 0.05) is 19.2 Å². The number of sulfone groups is 1. The third-order valence-electron chi connectivity index (χ3n) is 2.33. The molecule has 2 rings (SSSR count). The zero-order valence-corrected chi connectivity index (χ0v) is 8.83. The first-order valence-electron chi connectivity index (χ1n) is 4.57. The molecule has 1 N–H and O–H groups in total. The number of aromatic nitrogens is 2. The van der Waals surface area contributed by atoms with E-state index in [1.54, 1.807) is 4.90 Å². The molecule has 6 nitrogen and oxygen atoms in total. The number of hydrogen-bond donors (Lipinski definition) is 1. The van der Waals surface area contributed by atoms with Crippen LogP contribution in [0.2, 0.25) is 0 Å². The van der Waals surface area contributed by atoms with E-state index >= 15 is 0 Å². The quantitative estimate of drug-likeness (QED) is 0.668. The van der Waals surface area contributed by atoms with Gasteiger partial charge in [0.2, 0.25) is 0 Å². The zero-order chi connectivity index (χ0) is 10.9. The van der Waals surface area contributed by atoms with E-state index in [1.807, 2.05) is 0 Å². The van der Waals surface area contributed by atoms with Gasteiger partial charge in [0.25, 0.3) is 5.56 Å². The van der Waals surface area contributed by atoms with Crippen LogP contribution in [0.15, 0.2) is 17.2 Å². The standard InChI is InChI=1S/C8H11N3O3S/c12-8-5-7(9-6-10-8)11-1-3-15(13,14)4-2-11/h5-6H,1-4H2,(H,9,10,12). The minimum atomic E-state index is -2.89. The van der Waals surface area contributed by atoms with Crippen molar-refractivity contribution in [2.75, 3.05) is 29.5 Å². The van der Waals surface area contributed by atoms with Crippen LogP contribution in [0, 0.1) is 0 Å². The SMILES string of the molecule is O=c1cc(N2CCS(=O)(=O)CC2)nc[nH]1. The first-order chi connectivity index (χ1) is 7.07. The van der Waals surface area contributed by atoms with Crippen LogP contribution in [-0.2, 0) is 9.84 Å². The summed E-state index contributed by atoms with van der Waals surface area (Å²) in [5, 5.41) is 0. The van der Waals surface area contributed by atoms with Gasteiger partial charge in [-0.15, -0.1) is 0 Å². The molecule has 0 aliphatic carbocycles. The summed E-state index contributed by atoms with van der Waals surface area (Å²) in [6, 6.07) is 1.37. The Bertz CT molecular complexity index is 494. The van der Waals surface area contributed by atoms with Crippen LogP contribution >= 0.6 is 0 Å². The number of nitrogens with zero attached hydrogens (tertiary/aromatic N) is 2. The molecule has 7 heteroatoms. The molecular formula is C8H11N3O3S. The third-order valence-corrected chi connectivity index (χ3v) is 3.94. The minimum absolute atomic E-state index is 0.126. The molecule has 0 spiro atoms. The van der Waals surface area contributed by atoms with E-state index in [4.69, 9.17) is 0 Å². The molecule has 0 amide bonds. The number of hydrogen-bond acceptors (Lipinski definition) is 5. The van der Waals surface area contributed by atoms with Crippen molar-refractivity contribution in [1.29, 1.82) is 0 Å². The summed E-state index contributed by atoms with van der Waals surface area (Å²) >= 11 is 0. The second kappa shape index (κ2) is 3.65. The molecule has 0 aromatic carbocycles. The Balaban J connectivity index is 2.18. The highest BCUT2D eigenvalue weighted by atomic mass is 32.2. The molecule has 0 saturated carbocycles. The number of anilines is 1. The van der Waals surface area contributed by atoms with Gasteiger partial charge in [0.05, 0.1) is 17.8 Å². The Kier molecular flexibility index (Phi) is 2.47. The fraction of sp³-hybridized carbons (Fsp3) is 0.500. The molecule has 2 heterocycles. The Morgan fingerprint density at radius 2 is 2.00 bits per heavy atom. The number of nitrogens with one attached hydrogen (secondary N) is 1. The summed E-state index contributed by atoms with van der Waals surface area (Å²) in [5.41, 5.74) is -0.228. The van der Waals surface area contributed by atoms with E-state index < -0.39 is 9.84 Å². The van der Waals surface area contributed by atoms with Crippen molar-refractivity contribution < 1.29 is 8.42 Å². The van der Waals surface area contributed by atoms with Crippen molar-refractivity contribution in [3.63, 3.8) is 0 Å². The average molecular weight is 229 g/mol. The summed E-state index contributed by atoms with van der Waals surface area (Å²) in [5.74, 6) is 0.789. The lowest BCUT2D eigenvalue weighted by atomic mass is 10.4. The first kappa shape index (κ1) is 10.2. The lowest BCUT2D eigenvalue weighted by molar-refractivity contribution is 0.586. The molecule has 1 aliphatic rings. The molecule has 0 atom stereocenters.